The molecule has 0 unspecified atom stereocenters. The Morgan fingerprint density at radius 2 is 1.94 bits per heavy atom. The van der Waals surface area contributed by atoms with Crippen molar-refractivity contribution in [2.45, 2.75) is 25.7 Å². The van der Waals surface area contributed by atoms with Gasteiger partial charge in [-0.15, -0.1) is 0 Å². The van der Waals surface area contributed by atoms with Crippen molar-refractivity contribution in [1.82, 2.24) is 9.78 Å². The van der Waals surface area contributed by atoms with E-state index in [1.165, 1.54) is 24.1 Å². The average Bonchev–Trinajstić information content (AvgIpc) is 2.68. The number of nitrogen functional groups attached to an aromatic ring is 1. The fourth-order valence-corrected chi connectivity index (χ4v) is 2.67. The van der Waals surface area contributed by atoms with E-state index in [2.05, 4.69) is 5.10 Å². The minimum Gasteiger partial charge on any atom is -0.382 e. The molecule has 3 nitrogen and oxygen atoms in total. The van der Waals surface area contributed by atoms with E-state index in [4.69, 9.17) is 17.3 Å². The zero-order chi connectivity index (χ0) is 11.8. The molecule has 4 heteroatoms. The van der Waals surface area contributed by atoms with Gasteiger partial charge in [-0.3, -0.25) is 0 Å². The summed E-state index contributed by atoms with van der Waals surface area (Å²) < 4.78 is 1.91. The van der Waals surface area contributed by atoms with E-state index in [9.17, 15) is 0 Å². The summed E-state index contributed by atoms with van der Waals surface area (Å²) in [5, 5.41) is 5.14. The van der Waals surface area contributed by atoms with Crippen molar-refractivity contribution in [3.63, 3.8) is 0 Å². The van der Waals surface area contributed by atoms with Crippen LogP contribution in [0.1, 0.15) is 24.1 Å². The molecule has 0 radical (unpaired) electrons. The van der Waals surface area contributed by atoms with Gasteiger partial charge in [0.1, 0.15) is 5.82 Å². The second-order valence-corrected chi connectivity index (χ2v) is 4.79. The lowest BCUT2D eigenvalue weighted by Gasteiger charge is -2.14. The number of fused-ring (bicyclic) bond motifs is 1. The van der Waals surface area contributed by atoms with Crippen molar-refractivity contribution in [3.05, 3.63) is 40.5 Å². The predicted octanol–water partition coefficient (Wildman–Crippen LogP) is 2.99. The van der Waals surface area contributed by atoms with Crippen LogP contribution in [-0.4, -0.2) is 9.78 Å². The first kappa shape index (κ1) is 10.7. The van der Waals surface area contributed by atoms with E-state index in [-0.39, 0.29) is 0 Å². The maximum absolute atomic E-state index is 6.21. The van der Waals surface area contributed by atoms with Gasteiger partial charge in [-0.1, -0.05) is 23.7 Å². The molecular weight excluding hydrogens is 234 g/mol. The standard InChI is InChI=1S/C13H14ClN3/c14-10-6-2-4-8-12(10)17-11-7-3-1-5-9(11)13(15)16-17/h2,4,6,8H,1,3,5,7H2,(H2,15,16). The number of anilines is 1. The number of halogens is 1. The Morgan fingerprint density at radius 1 is 1.18 bits per heavy atom. The lowest BCUT2D eigenvalue weighted by atomic mass is 9.97. The zero-order valence-corrected chi connectivity index (χ0v) is 10.2. The monoisotopic (exact) mass is 247 g/mol. The molecule has 3 rings (SSSR count). The summed E-state index contributed by atoms with van der Waals surface area (Å²) in [7, 11) is 0. The van der Waals surface area contributed by atoms with Crippen LogP contribution in [-0.2, 0) is 12.8 Å². The van der Waals surface area contributed by atoms with Gasteiger partial charge in [-0.25, -0.2) is 4.68 Å². The maximum atomic E-state index is 6.21. The zero-order valence-electron chi connectivity index (χ0n) is 9.49. The van der Waals surface area contributed by atoms with Gasteiger partial charge in [0, 0.05) is 11.3 Å². The fraction of sp³-hybridized carbons (Fsp3) is 0.308. The smallest absolute Gasteiger partial charge is 0.149 e. The molecule has 0 bridgehead atoms. The number of hydrogen-bond donors (Lipinski definition) is 1. The van der Waals surface area contributed by atoms with Crippen LogP contribution in [0.3, 0.4) is 0 Å². The molecule has 1 aromatic heterocycles. The molecule has 0 amide bonds. The molecular formula is C13H14ClN3. The van der Waals surface area contributed by atoms with Crippen molar-refractivity contribution < 1.29 is 0 Å². The number of nitrogens with zero attached hydrogens (tertiary/aromatic N) is 2. The van der Waals surface area contributed by atoms with Gasteiger partial charge in [-0.05, 0) is 37.8 Å². The molecule has 0 saturated carbocycles. The topological polar surface area (TPSA) is 43.8 Å². The first-order valence-corrected chi connectivity index (χ1v) is 6.26. The van der Waals surface area contributed by atoms with Gasteiger partial charge in [0.2, 0.25) is 0 Å². The number of benzene rings is 1. The van der Waals surface area contributed by atoms with Crippen molar-refractivity contribution in [2.75, 3.05) is 5.73 Å². The molecule has 88 valence electrons. The molecule has 0 saturated heterocycles. The summed E-state index contributed by atoms with van der Waals surface area (Å²) in [6.45, 7) is 0. The van der Waals surface area contributed by atoms with Crippen molar-refractivity contribution >= 4 is 17.4 Å². The Bertz CT molecular complexity index is 560. The summed E-state index contributed by atoms with van der Waals surface area (Å²) in [5.41, 5.74) is 9.32. The average molecular weight is 248 g/mol. The first-order valence-electron chi connectivity index (χ1n) is 5.88. The van der Waals surface area contributed by atoms with E-state index >= 15 is 0 Å². The molecule has 2 N–H and O–H groups in total. The second kappa shape index (κ2) is 4.08. The third-order valence-electron chi connectivity index (χ3n) is 3.29. The Hall–Kier alpha value is -1.48. The highest BCUT2D eigenvalue weighted by Crippen LogP contribution is 2.30. The predicted molar refractivity (Wildman–Crippen MR) is 69.6 cm³/mol. The maximum Gasteiger partial charge on any atom is 0.149 e. The van der Waals surface area contributed by atoms with Gasteiger partial charge in [-0.2, -0.15) is 5.10 Å². The van der Waals surface area contributed by atoms with Crippen LogP contribution in [0.2, 0.25) is 5.02 Å². The van der Waals surface area contributed by atoms with Gasteiger partial charge >= 0.3 is 0 Å². The third kappa shape index (κ3) is 1.71. The summed E-state index contributed by atoms with van der Waals surface area (Å²) in [6, 6.07) is 7.74. The third-order valence-corrected chi connectivity index (χ3v) is 3.61. The van der Waals surface area contributed by atoms with Crippen LogP contribution >= 0.6 is 11.6 Å². The highest BCUT2D eigenvalue weighted by Gasteiger charge is 2.20. The van der Waals surface area contributed by atoms with Crippen LogP contribution in [0.25, 0.3) is 5.69 Å². The van der Waals surface area contributed by atoms with Crippen LogP contribution < -0.4 is 5.73 Å². The number of rotatable bonds is 1. The molecule has 0 atom stereocenters. The first-order chi connectivity index (χ1) is 8.27. The van der Waals surface area contributed by atoms with E-state index in [1.54, 1.807) is 0 Å². The van der Waals surface area contributed by atoms with Gasteiger partial charge < -0.3 is 5.73 Å². The number of para-hydroxylation sites is 1. The van der Waals surface area contributed by atoms with Crippen LogP contribution in [0.5, 0.6) is 0 Å². The molecule has 1 aromatic carbocycles. The van der Waals surface area contributed by atoms with Gasteiger partial charge in [0.05, 0.1) is 10.7 Å². The Kier molecular flexibility index (Phi) is 2.56. The summed E-state index contributed by atoms with van der Waals surface area (Å²) in [6.07, 6.45) is 4.46. The largest absolute Gasteiger partial charge is 0.382 e. The SMILES string of the molecule is Nc1nn(-c2ccccc2Cl)c2c1CCCC2. The molecule has 1 aliphatic carbocycles. The molecule has 0 fully saturated rings. The minimum atomic E-state index is 0.652. The second-order valence-electron chi connectivity index (χ2n) is 4.38. The van der Waals surface area contributed by atoms with Crippen molar-refractivity contribution in [2.24, 2.45) is 0 Å². The highest BCUT2D eigenvalue weighted by molar-refractivity contribution is 6.32. The number of nitrogens with two attached hydrogens (primary N) is 1. The molecule has 0 spiro atoms. The Balaban J connectivity index is 2.19. The Morgan fingerprint density at radius 3 is 2.76 bits per heavy atom. The lowest BCUT2D eigenvalue weighted by Crippen LogP contribution is -2.08. The molecule has 17 heavy (non-hydrogen) atoms. The molecule has 1 aliphatic rings. The normalized spacial score (nSPS) is 14.6. The molecule has 0 aliphatic heterocycles. The Labute approximate surface area is 105 Å². The van der Waals surface area contributed by atoms with Crippen molar-refractivity contribution in [1.29, 1.82) is 0 Å². The molecule has 2 aromatic rings. The van der Waals surface area contributed by atoms with E-state index < -0.39 is 0 Å². The van der Waals surface area contributed by atoms with Crippen molar-refractivity contribution in [3.8, 4) is 5.69 Å². The van der Waals surface area contributed by atoms with E-state index in [0.29, 0.717) is 10.8 Å². The summed E-state index contributed by atoms with van der Waals surface area (Å²) in [4.78, 5) is 0. The summed E-state index contributed by atoms with van der Waals surface area (Å²) >= 11 is 6.21. The fourth-order valence-electron chi connectivity index (χ4n) is 2.45. The van der Waals surface area contributed by atoms with Gasteiger partial charge in [0.15, 0.2) is 0 Å². The van der Waals surface area contributed by atoms with E-state index in [1.807, 2.05) is 28.9 Å². The quantitative estimate of drug-likeness (QED) is 0.842. The minimum absolute atomic E-state index is 0.652. The van der Waals surface area contributed by atoms with Crippen LogP contribution in [0.15, 0.2) is 24.3 Å². The highest BCUT2D eigenvalue weighted by atomic mass is 35.5. The van der Waals surface area contributed by atoms with E-state index in [0.717, 1.165) is 18.5 Å². The van der Waals surface area contributed by atoms with Crippen LogP contribution in [0.4, 0.5) is 5.82 Å². The van der Waals surface area contributed by atoms with Crippen LogP contribution in [0, 0.1) is 0 Å². The lowest BCUT2D eigenvalue weighted by molar-refractivity contribution is 0.653. The molecule has 1 heterocycles. The summed E-state index contributed by atoms with van der Waals surface area (Å²) in [5.74, 6) is 0.652. The number of aromatic nitrogens is 2. The van der Waals surface area contributed by atoms with Gasteiger partial charge in [0.25, 0.3) is 0 Å². The number of hydrogen-bond acceptors (Lipinski definition) is 2.